The molecule has 4 nitrogen and oxygen atoms in total. The van der Waals surface area contributed by atoms with Crippen LogP contribution in [0.4, 0.5) is 0 Å². The molecule has 2 aliphatic heterocycles. The summed E-state index contributed by atoms with van der Waals surface area (Å²) in [5.41, 5.74) is 1.68. The molecule has 26 heavy (non-hydrogen) atoms. The lowest BCUT2D eigenvalue weighted by Crippen LogP contribution is -2.47. The van der Waals surface area contributed by atoms with Gasteiger partial charge in [-0.1, -0.05) is 18.2 Å². The number of para-hydroxylation sites is 1. The molecule has 0 aliphatic carbocycles. The molecule has 1 amide bonds. The minimum Gasteiger partial charge on any atom is -0.351 e. The van der Waals surface area contributed by atoms with Crippen LogP contribution in [0.5, 0.6) is 0 Å². The number of amides is 1. The highest BCUT2D eigenvalue weighted by molar-refractivity contribution is 8.03. The molecule has 140 valence electrons. The van der Waals surface area contributed by atoms with Crippen LogP contribution < -0.4 is 5.32 Å². The van der Waals surface area contributed by atoms with Crippen molar-refractivity contribution in [1.29, 1.82) is 0 Å². The van der Waals surface area contributed by atoms with Crippen molar-refractivity contribution in [3.63, 3.8) is 0 Å². The number of hydrogen-bond donors (Lipinski definition) is 2. The monoisotopic (exact) mass is 389 g/mol. The number of carbonyl (C=O) groups is 1. The predicted octanol–water partition coefficient (Wildman–Crippen LogP) is 3.46. The Morgan fingerprint density at radius 2 is 2.04 bits per heavy atom. The number of aromatic nitrogens is 1. The first-order valence-corrected chi connectivity index (χ1v) is 11.9. The molecule has 0 radical (unpaired) electrons. The number of rotatable bonds is 4. The number of aromatic amines is 1. The lowest BCUT2D eigenvalue weighted by atomic mass is 9.97. The topological polar surface area (TPSA) is 48.1 Å². The maximum atomic E-state index is 12.5. The Morgan fingerprint density at radius 1 is 1.23 bits per heavy atom. The summed E-state index contributed by atoms with van der Waals surface area (Å²) in [5.74, 6) is 5.69. The summed E-state index contributed by atoms with van der Waals surface area (Å²) in [5, 5.41) is 4.25. The van der Waals surface area contributed by atoms with Gasteiger partial charge in [-0.05, 0) is 37.4 Å². The standard InChI is InChI=1S/C20H27N3OS2/c24-20(19-10-16-5-1-2-6-18(16)22-19)21-11-15-4-3-7-23(12-15)17-13-25-8-9-26-14-17/h1-2,5-6,10,15,17,22H,3-4,7-9,11-14H2,(H,21,24)/t15-/m0/s1. The molecular formula is C20H27N3OS2. The van der Waals surface area contributed by atoms with Crippen LogP contribution in [0.2, 0.25) is 0 Å². The van der Waals surface area contributed by atoms with Gasteiger partial charge in [0.2, 0.25) is 0 Å². The summed E-state index contributed by atoms with van der Waals surface area (Å²) in [6, 6.07) is 10.7. The maximum absolute atomic E-state index is 12.5. The Morgan fingerprint density at radius 3 is 2.85 bits per heavy atom. The minimum atomic E-state index is 0.0129. The number of hydrogen-bond acceptors (Lipinski definition) is 4. The van der Waals surface area contributed by atoms with Crippen LogP contribution in [0.3, 0.4) is 0 Å². The van der Waals surface area contributed by atoms with Crippen molar-refractivity contribution in [2.75, 3.05) is 42.6 Å². The number of benzene rings is 1. The van der Waals surface area contributed by atoms with Crippen LogP contribution in [0.25, 0.3) is 10.9 Å². The average Bonchev–Trinajstić information content (AvgIpc) is 2.93. The van der Waals surface area contributed by atoms with Crippen molar-refractivity contribution in [3.05, 3.63) is 36.0 Å². The molecule has 2 N–H and O–H groups in total. The van der Waals surface area contributed by atoms with E-state index in [4.69, 9.17) is 0 Å². The average molecular weight is 390 g/mol. The zero-order chi connectivity index (χ0) is 17.8. The second-order valence-corrected chi connectivity index (χ2v) is 9.59. The van der Waals surface area contributed by atoms with Gasteiger partial charge in [0, 0.05) is 53.0 Å². The van der Waals surface area contributed by atoms with Crippen molar-refractivity contribution in [1.82, 2.24) is 15.2 Å². The third kappa shape index (κ3) is 4.41. The van der Waals surface area contributed by atoms with Crippen molar-refractivity contribution in [3.8, 4) is 0 Å². The molecule has 0 unspecified atom stereocenters. The van der Waals surface area contributed by atoms with Crippen molar-refractivity contribution >= 4 is 40.3 Å². The molecule has 2 aromatic rings. The summed E-state index contributed by atoms with van der Waals surface area (Å²) in [6.45, 7) is 3.12. The first-order valence-electron chi connectivity index (χ1n) is 9.55. The number of nitrogens with one attached hydrogen (secondary N) is 2. The summed E-state index contributed by atoms with van der Waals surface area (Å²) >= 11 is 4.20. The molecule has 2 saturated heterocycles. The van der Waals surface area contributed by atoms with Gasteiger partial charge in [-0.2, -0.15) is 23.5 Å². The molecule has 0 spiro atoms. The van der Waals surface area contributed by atoms with Crippen LogP contribution in [0.1, 0.15) is 23.3 Å². The SMILES string of the molecule is O=C(NC[C@@H]1CCCN(C2CSCCSC2)C1)c1cc2ccccc2[nH]1. The van der Waals surface area contributed by atoms with E-state index >= 15 is 0 Å². The second kappa shape index (κ2) is 8.72. The van der Waals surface area contributed by atoms with Crippen molar-refractivity contribution in [2.24, 2.45) is 5.92 Å². The smallest absolute Gasteiger partial charge is 0.267 e. The van der Waals surface area contributed by atoms with E-state index in [1.807, 2.05) is 30.3 Å². The van der Waals surface area contributed by atoms with Gasteiger partial charge in [0.05, 0.1) is 0 Å². The lowest BCUT2D eigenvalue weighted by Gasteiger charge is -2.37. The van der Waals surface area contributed by atoms with Gasteiger partial charge in [-0.3, -0.25) is 9.69 Å². The highest BCUT2D eigenvalue weighted by Gasteiger charge is 2.27. The number of fused-ring (bicyclic) bond motifs is 1. The van der Waals surface area contributed by atoms with Gasteiger partial charge in [-0.15, -0.1) is 0 Å². The summed E-state index contributed by atoms with van der Waals surface area (Å²) < 4.78 is 0. The number of likely N-dealkylation sites (tertiary alicyclic amines) is 1. The highest BCUT2D eigenvalue weighted by Crippen LogP contribution is 2.25. The normalized spacial score (nSPS) is 23.0. The summed E-state index contributed by atoms with van der Waals surface area (Å²) in [6.07, 6.45) is 2.47. The minimum absolute atomic E-state index is 0.0129. The largest absolute Gasteiger partial charge is 0.351 e. The zero-order valence-corrected chi connectivity index (χ0v) is 16.7. The molecule has 1 aromatic heterocycles. The number of piperidine rings is 1. The third-order valence-electron chi connectivity index (χ3n) is 5.39. The van der Waals surface area contributed by atoms with Crippen LogP contribution in [-0.2, 0) is 0 Å². The van der Waals surface area contributed by atoms with Crippen LogP contribution in [0, 0.1) is 5.92 Å². The molecule has 1 atom stereocenters. The first-order chi connectivity index (χ1) is 12.8. The molecule has 1 aromatic carbocycles. The Labute approximate surface area is 163 Å². The number of H-pyrrole nitrogens is 1. The summed E-state index contributed by atoms with van der Waals surface area (Å²) in [4.78, 5) is 18.4. The number of carbonyl (C=O) groups excluding carboxylic acids is 1. The highest BCUT2D eigenvalue weighted by atomic mass is 32.2. The predicted molar refractivity (Wildman–Crippen MR) is 113 cm³/mol. The van der Waals surface area contributed by atoms with Crippen LogP contribution in [-0.4, -0.2) is 64.5 Å². The lowest BCUT2D eigenvalue weighted by molar-refractivity contribution is 0.0920. The maximum Gasteiger partial charge on any atom is 0.267 e. The first kappa shape index (κ1) is 18.3. The fourth-order valence-corrected chi connectivity index (χ4v) is 6.57. The van der Waals surface area contributed by atoms with E-state index in [9.17, 15) is 4.79 Å². The van der Waals surface area contributed by atoms with Gasteiger partial charge in [0.25, 0.3) is 5.91 Å². The third-order valence-corrected chi connectivity index (χ3v) is 7.87. The van der Waals surface area contributed by atoms with E-state index < -0.39 is 0 Å². The van der Waals surface area contributed by atoms with Gasteiger partial charge < -0.3 is 10.3 Å². The van der Waals surface area contributed by atoms with E-state index in [1.165, 1.54) is 42.4 Å². The van der Waals surface area contributed by atoms with Crippen LogP contribution in [0.15, 0.2) is 30.3 Å². The Hall–Kier alpha value is -1.11. The van der Waals surface area contributed by atoms with Gasteiger partial charge in [0.15, 0.2) is 0 Å². The number of thioether (sulfide) groups is 2. The molecule has 2 aliphatic rings. The molecule has 3 heterocycles. The fourth-order valence-electron chi connectivity index (χ4n) is 3.94. The number of nitrogens with zero attached hydrogens (tertiary/aromatic N) is 1. The molecule has 0 bridgehead atoms. The van der Waals surface area contributed by atoms with E-state index in [0.29, 0.717) is 17.7 Å². The van der Waals surface area contributed by atoms with Gasteiger partial charge >= 0.3 is 0 Å². The van der Waals surface area contributed by atoms with E-state index in [2.05, 4.69) is 38.7 Å². The van der Waals surface area contributed by atoms with Crippen molar-refractivity contribution in [2.45, 2.75) is 18.9 Å². The van der Waals surface area contributed by atoms with Gasteiger partial charge in [-0.25, -0.2) is 0 Å². The Balaban J connectivity index is 1.31. The molecule has 6 heteroatoms. The van der Waals surface area contributed by atoms with E-state index in [0.717, 1.165) is 24.0 Å². The fraction of sp³-hybridized carbons (Fsp3) is 0.550. The second-order valence-electron chi connectivity index (χ2n) is 7.29. The summed E-state index contributed by atoms with van der Waals surface area (Å²) in [7, 11) is 0. The quantitative estimate of drug-likeness (QED) is 0.841. The molecule has 4 rings (SSSR count). The molecular weight excluding hydrogens is 362 g/mol. The molecule has 2 fully saturated rings. The van der Waals surface area contributed by atoms with Crippen molar-refractivity contribution < 1.29 is 4.79 Å². The Kier molecular flexibility index (Phi) is 6.12. The van der Waals surface area contributed by atoms with E-state index in [-0.39, 0.29) is 5.91 Å². The Bertz CT molecular complexity index is 706. The molecule has 0 saturated carbocycles. The zero-order valence-electron chi connectivity index (χ0n) is 15.1. The van der Waals surface area contributed by atoms with E-state index in [1.54, 1.807) is 0 Å². The van der Waals surface area contributed by atoms with Crippen LogP contribution >= 0.6 is 23.5 Å². The van der Waals surface area contributed by atoms with Gasteiger partial charge in [0.1, 0.15) is 5.69 Å².